The van der Waals surface area contributed by atoms with E-state index in [1.807, 2.05) is 35.9 Å². The lowest BCUT2D eigenvalue weighted by Crippen LogP contribution is -2.22. The minimum atomic E-state index is -3.47. The number of nitrogens with zero attached hydrogens (tertiary/aromatic N) is 1. The van der Waals surface area contributed by atoms with Gasteiger partial charge in [0.15, 0.2) is 0 Å². The van der Waals surface area contributed by atoms with Crippen molar-refractivity contribution in [1.82, 2.24) is 9.71 Å². The number of aromatic nitrogens is 1. The molecule has 7 heteroatoms. The van der Waals surface area contributed by atoms with Crippen molar-refractivity contribution in [3.63, 3.8) is 0 Å². The van der Waals surface area contributed by atoms with Crippen molar-refractivity contribution in [2.45, 2.75) is 24.1 Å². The topological polar surface area (TPSA) is 59.1 Å². The summed E-state index contributed by atoms with van der Waals surface area (Å²) in [6, 6.07) is 7.50. The number of thiophene rings is 2. The number of aryl methyl sites for hydroxylation is 1. The molecule has 0 saturated carbocycles. The van der Waals surface area contributed by atoms with Crippen LogP contribution < -0.4 is 4.72 Å². The molecule has 0 fully saturated rings. The van der Waals surface area contributed by atoms with Crippen molar-refractivity contribution in [3.8, 4) is 11.1 Å². The van der Waals surface area contributed by atoms with Crippen molar-refractivity contribution in [2.75, 3.05) is 0 Å². The van der Waals surface area contributed by atoms with Gasteiger partial charge in [-0.1, -0.05) is 6.92 Å². The van der Waals surface area contributed by atoms with Gasteiger partial charge in [0.25, 0.3) is 0 Å². The molecule has 0 aliphatic carbocycles. The van der Waals surface area contributed by atoms with Gasteiger partial charge in [-0.05, 0) is 52.6 Å². The molecule has 0 atom stereocenters. The molecule has 0 aliphatic heterocycles. The molecule has 1 N–H and O–H groups in total. The van der Waals surface area contributed by atoms with Gasteiger partial charge >= 0.3 is 0 Å². The molecule has 3 rings (SSSR count). The molecule has 3 aromatic heterocycles. The number of hydrogen-bond donors (Lipinski definition) is 1. The first-order chi connectivity index (χ1) is 11.1. The fourth-order valence-electron chi connectivity index (χ4n) is 2.11. The SMILES string of the molecule is CCc1ccc(S(=O)(=O)NCc2cncc(-c3ccsc3)c2)s1. The van der Waals surface area contributed by atoms with E-state index in [1.54, 1.807) is 29.8 Å². The first kappa shape index (κ1) is 16.3. The Balaban J connectivity index is 1.74. The summed E-state index contributed by atoms with van der Waals surface area (Å²) in [6.07, 6.45) is 4.31. The number of rotatable bonds is 6. The molecule has 0 unspecified atom stereocenters. The molecule has 0 aromatic carbocycles. The van der Waals surface area contributed by atoms with Crippen LogP contribution in [-0.2, 0) is 23.0 Å². The molecule has 0 amide bonds. The van der Waals surface area contributed by atoms with Gasteiger partial charge in [0.1, 0.15) is 4.21 Å². The Hall–Kier alpha value is -1.54. The second-order valence-electron chi connectivity index (χ2n) is 4.99. The number of sulfonamides is 1. The van der Waals surface area contributed by atoms with Gasteiger partial charge in [0, 0.05) is 29.4 Å². The molecule has 3 heterocycles. The zero-order valence-corrected chi connectivity index (χ0v) is 15.0. The number of pyridine rings is 1. The second-order valence-corrected chi connectivity index (χ2v) is 8.93. The fourth-order valence-corrected chi connectivity index (χ4v) is 5.14. The normalized spacial score (nSPS) is 11.7. The first-order valence-corrected chi connectivity index (χ1v) is 10.4. The van der Waals surface area contributed by atoms with E-state index in [4.69, 9.17) is 0 Å². The van der Waals surface area contributed by atoms with Crippen LogP contribution in [0.2, 0.25) is 0 Å². The molecule has 0 saturated heterocycles. The highest BCUT2D eigenvalue weighted by atomic mass is 32.2. The summed E-state index contributed by atoms with van der Waals surface area (Å²) in [5.41, 5.74) is 2.93. The zero-order valence-electron chi connectivity index (χ0n) is 12.5. The van der Waals surface area contributed by atoms with Crippen LogP contribution in [0.5, 0.6) is 0 Å². The highest BCUT2D eigenvalue weighted by Crippen LogP contribution is 2.23. The van der Waals surface area contributed by atoms with Gasteiger partial charge in [-0.3, -0.25) is 4.98 Å². The third kappa shape index (κ3) is 3.87. The average molecular weight is 365 g/mol. The summed E-state index contributed by atoms with van der Waals surface area (Å²) in [5, 5.41) is 4.05. The molecule has 0 aliphatic rings. The summed E-state index contributed by atoms with van der Waals surface area (Å²) in [5.74, 6) is 0. The van der Waals surface area contributed by atoms with Crippen molar-refractivity contribution in [3.05, 3.63) is 57.9 Å². The maximum Gasteiger partial charge on any atom is 0.250 e. The van der Waals surface area contributed by atoms with Crippen molar-refractivity contribution in [2.24, 2.45) is 0 Å². The van der Waals surface area contributed by atoms with Crippen LogP contribution in [0, 0.1) is 0 Å². The molecule has 0 bridgehead atoms. The van der Waals surface area contributed by atoms with E-state index in [1.165, 1.54) is 11.3 Å². The van der Waals surface area contributed by atoms with Crippen LogP contribution in [-0.4, -0.2) is 13.4 Å². The Kier molecular flexibility index (Phi) is 4.91. The van der Waals surface area contributed by atoms with E-state index in [0.29, 0.717) is 4.21 Å². The molecule has 3 aromatic rings. The van der Waals surface area contributed by atoms with Crippen molar-refractivity contribution >= 4 is 32.7 Å². The molecule has 4 nitrogen and oxygen atoms in total. The Morgan fingerprint density at radius 1 is 1.17 bits per heavy atom. The summed E-state index contributed by atoms with van der Waals surface area (Å²) >= 11 is 2.93. The molecular weight excluding hydrogens is 348 g/mol. The smallest absolute Gasteiger partial charge is 0.250 e. The van der Waals surface area contributed by atoms with E-state index >= 15 is 0 Å². The fraction of sp³-hybridized carbons (Fsp3) is 0.188. The van der Waals surface area contributed by atoms with Crippen LogP contribution in [0.4, 0.5) is 0 Å². The van der Waals surface area contributed by atoms with E-state index in [2.05, 4.69) is 9.71 Å². The van der Waals surface area contributed by atoms with Gasteiger partial charge in [-0.2, -0.15) is 11.3 Å². The highest BCUT2D eigenvalue weighted by molar-refractivity contribution is 7.91. The molecule has 0 spiro atoms. The van der Waals surface area contributed by atoms with Crippen LogP contribution in [0.1, 0.15) is 17.4 Å². The molecule has 23 heavy (non-hydrogen) atoms. The Morgan fingerprint density at radius 3 is 2.74 bits per heavy atom. The van der Waals surface area contributed by atoms with E-state index in [-0.39, 0.29) is 6.54 Å². The molecular formula is C16H16N2O2S3. The zero-order chi connectivity index (χ0) is 16.3. The average Bonchev–Trinajstić information content (AvgIpc) is 3.24. The van der Waals surface area contributed by atoms with Gasteiger partial charge < -0.3 is 0 Å². The third-order valence-electron chi connectivity index (χ3n) is 3.37. The van der Waals surface area contributed by atoms with Crippen LogP contribution in [0.25, 0.3) is 11.1 Å². The highest BCUT2D eigenvalue weighted by Gasteiger charge is 2.16. The number of nitrogens with one attached hydrogen (secondary N) is 1. The summed E-state index contributed by atoms with van der Waals surface area (Å²) < 4.78 is 27.7. The molecule has 120 valence electrons. The van der Waals surface area contributed by atoms with Crippen LogP contribution in [0.3, 0.4) is 0 Å². The van der Waals surface area contributed by atoms with E-state index < -0.39 is 10.0 Å². The van der Waals surface area contributed by atoms with Crippen molar-refractivity contribution < 1.29 is 8.42 Å². The maximum absolute atomic E-state index is 12.3. The lowest BCUT2D eigenvalue weighted by atomic mass is 10.1. The molecule has 0 radical (unpaired) electrons. The van der Waals surface area contributed by atoms with Crippen molar-refractivity contribution in [1.29, 1.82) is 0 Å². The Morgan fingerprint density at radius 2 is 2.04 bits per heavy atom. The summed E-state index contributed by atoms with van der Waals surface area (Å²) in [4.78, 5) is 5.27. The monoisotopic (exact) mass is 364 g/mol. The minimum absolute atomic E-state index is 0.229. The Labute approximate surface area is 143 Å². The largest absolute Gasteiger partial charge is 0.264 e. The van der Waals surface area contributed by atoms with E-state index in [0.717, 1.165) is 28.0 Å². The first-order valence-electron chi connectivity index (χ1n) is 7.13. The minimum Gasteiger partial charge on any atom is -0.264 e. The van der Waals surface area contributed by atoms with Gasteiger partial charge in [0.05, 0.1) is 0 Å². The predicted molar refractivity (Wildman–Crippen MR) is 95.3 cm³/mol. The lowest BCUT2D eigenvalue weighted by molar-refractivity contribution is 0.583. The van der Waals surface area contributed by atoms with Gasteiger partial charge in [-0.25, -0.2) is 13.1 Å². The van der Waals surface area contributed by atoms with E-state index in [9.17, 15) is 8.42 Å². The predicted octanol–water partition coefficient (Wildman–Crippen LogP) is 3.91. The third-order valence-corrected chi connectivity index (χ3v) is 7.17. The van der Waals surface area contributed by atoms with Crippen LogP contribution >= 0.6 is 22.7 Å². The second kappa shape index (κ2) is 6.92. The Bertz CT molecular complexity index is 884. The quantitative estimate of drug-likeness (QED) is 0.721. The standard InChI is InChI=1S/C16H16N2O2S3/c1-2-15-3-4-16(22-15)23(19,20)18-9-12-7-14(10-17-8-12)13-5-6-21-11-13/h3-8,10-11,18H,2,9H2,1H3. The lowest BCUT2D eigenvalue weighted by Gasteiger charge is -2.06. The van der Waals surface area contributed by atoms with Crippen LogP contribution in [0.15, 0.2) is 51.6 Å². The van der Waals surface area contributed by atoms with Gasteiger partial charge in [0.2, 0.25) is 10.0 Å². The summed E-state index contributed by atoms with van der Waals surface area (Å²) in [7, 11) is -3.47. The number of hydrogen-bond acceptors (Lipinski definition) is 5. The van der Waals surface area contributed by atoms with Gasteiger partial charge in [-0.15, -0.1) is 11.3 Å². The summed E-state index contributed by atoms with van der Waals surface area (Å²) in [6.45, 7) is 2.24. The maximum atomic E-state index is 12.3.